The Hall–Kier alpha value is -0.840. The smallest absolute Gasteiger partial charge is 0.124 e. The Morgan fingerprint density at radius 3 is 2.89 bits per heavy atom. The van der Waals surface area contributed by atoms with Crippen LogP contribution in [-0.2, 0) is 6.42 Å². The molecule has 0 fully saturated rings. The van der Waals surface area contributed by atoms with Crippen molar-refractivity contribution in [2.24, 2.45) is 0 Å². The van der Waals surface area contributed by atoms with Gasteiger partial charge in [0, 0.05) is 22.5 Å². The zero-order valence-electron chi connectivity index (χ0n) is 11.2. The summed E-state index contributed by atoms with van der Waals surface area (Å²) in [4.78, 5) is 0. The first-order valence-corrected chi connectivity index (χ1v) is 8.05. The van der Waals surface area contributed by atoms with E-state index in [1.807, 2.05) is 19.2 Å². The molecule has 0 aliphatic heterocycles. The summed E-state index contributed by atoms with van der Waals surface area (Å²) >= 11 is 5.24. The van der Waals surface area contributed by atoms with Crippen molar-refractivity contribution in [2.45, 2.75) is 19.4 Å². The zero-order valence-corrected chi connectivity index (χ0v) is 13.6. The van der Waals surface area contributed by atoms with E-state index >= 15 is 0 Å². The topological polar surface area (TPSA) is 21.3 Å². The van der Waals surface area contributed by atoms with Crippen molar-refractivity contribution in [3.8, 4) is 5.75 Å². The fourth-order valence-electron chi connectivity index (χ4n) is 1.86. The second-order valence-electron chi connectivity index (χ2n) is 4.42. The van der Waals surface area contributed by atoms with Crippen LogP contribution >= 0.6 is 27.3 Å². The molecule has 0 aliphatic rings. The lowest BCUT2D eigenvalue weighted by molar-refractivity contribution is 0.316. The fourth-order valence-corrected chi connectivity index (χ4v) is 2.94. The van der Waals surface area contributed by atoms with E-state index in [9.17, 15) is 0 Å². The molecule has 0 saturated heterocycles. The van der Waals surface area contributed by atoms with E-state index in [0.29, 0.717) is 6.61 Å². The van der Waals surface area contributed by atoms with Gasteiger partial charge in [0.15, 0.2) is 0 Å². The first-order valence-electron chi connectivity index (χ1n) is 6.31. The number of ether oxygens (including phenoxy) is 1. The number of hydrogen-bond donors (Lipinski definition) is 1. The summed E-state index contributed by atoms with van der Waals surface area (Å²) < 4.78 is 7.01. The minimum Gasteiger partial charge on any atom is -0.493 e. The lowest BCUT2D eigenvalue weighted by Gasteiger charge is -2.17. The molecule has 2 aromatic rings. The van der Waals surface area contributed by atoms with Crippen molar-refractivity contribution in [3.05, 3.63) is 50.6 Å². The van der Waals surface area contributed by atoms with Gasteiger partial charge < -0.3 is 10.1 Å². The number of benzene rings is 1. The normalized spacial score (nSPS) is 12.4. The molecular weight excluding hydrogens is 322 g/mol. The van der Waals surface area contributed by atoms with Crippen molar-refractivity contribution in [3.63, 3.8) is 0 Å². The summed E-state index contributed by atoms with van der Waals surface area (Å²) in [5.41, 5.74) is 2.52. The van der Waals surface area contributed by atoms with E-state index in [1.165, 1.54) is 11.1 Å². The maximum atomic E-state index is 5.93. The third-order valence-corrected chi connectivity index (χ3v) is 4.33. The second-order valence-corrected chi connectivity index (χ2v) is 6.12. The number of halogens is 1. The van der Waals surface area contributed by atoms with E-state index < -0.39 is 0 Å². The van der Waals surface area contributed by atoms with Crippen LogP contribution in [0.25, 0.3) is 0 Å². The molecule has 0 saturated carbocycles. The Morgan fingerprint density at radius 1 is 1.37 bits per heavy atom. The number of hydrogen-bond acceptors (Lipinski definition) is 3. The highest BCUT2D eigenvalue weighted by molar-refractivity contribution is 9.10. The average Bonchev–Trinajstić information content (AvgIpc) is 2.92. The SMILES string of the molecule is CNC(C)c1cc(Br)ccc1OCCc1ccsc1. The quantitative estimate of drug-likeness (QED) is 0.841. The standard InChI is InChI=1S/C15H18BrNOS/c1-11(17-2)14-9-13(16)3-4-15(14)18-7-5-12-6-8-19-10-12/h3-4,6,8-11,17H,5,7H2,1-2H3. The highest BCUT2D eigenvalue weighted by atomic mass is 79.9. The molecule has 0 aliphatic carbocycles. The molecular formula is C15H18BrNOS. The van der Waals surface area contributed by atoms with Crippen molar-refractivity contribution >= 4 is 27.3 Å². The van der Waals surface area contributed by atoms with Gasteiger partial charge in [-0.25, -0.2) is 0 Å². The Morgan fingerprint density at radius 2 is 2.21 bits per heavy atom. The van der Waals surface area contributed by atoms with Crippen LogP contribution in [0.4, 0.5) is 0 Å². The molecule has 0 amide bonds. The molecule has 102 valence electrons. The minimum absolute atomic E-state index is 0.272. The maximum Gasteiger partial charge on any atom is 0.124 e. The molecule has 19 heavy (non-hydrogen) atoms. The molecule has 1 aromatic heterocycles. The number of nitrogens with one attached hydrogen (secondary N) is 1. The summed E-state index contributed by atoms with van der Waals surface area (Å²) in [5.74, 6) is 0.959. The van der Waals surface area contributed by atoms with Gasteiger partial charge in [0.1, 0.15) is 5.75 Å². The number of thiophene rings is 1. The van der Waals surface area contributed by atoms with Crippen molar-refractivity contribution < 1.29 is 4.74 Å². The van der Waals surface area contributed by atoms with E-state index in [1.54, 1.807) is 11.3 Å². The van der Waals surface area contributed by atoms with Gasteiger partial charge in [-0.15, -0.1) is 0 Å². The molecule has 0 bridgehead atoms. The largest absolute Gasteiger partial charge is 0.493 e. The van der Waals surface area contributed by atoms with Gasteiger partial charge in [-0.1, -0.05) is 15.9 Å². The molecule has 1 unspecified atom stereocenters. The van der Waals surface area contributed by atoms with Crippen molar-refractivity contribution in [1.29, 1.82) is 0 Å². The van der Waals surface area contributed by atoms with Crippen LogP contribution in [0.3, 0.4) is 0 Å². The molecule has 0 spiro atoms. The Kier molecular flexibility index (Phi) is 5.43. The summed E-state index contributed by atoms with van der Waals surface area (Å²) in [6, 6.07) is 8.58. The summed E-state index contributed by atoms with van der Waals surface area (Å²) in [7, 11) is 1.96. The maximum absolute atomic E-state index is 5.93. The third-order valence-electron chi connectivity index (χ3n) is 3.10. The molecule has 1 N–H and O–H groups in total. The monoisotopic (exact) mass is 339 g/mol. The zero-order chi connectivity index (χ0) is 13.7. The first-order chi connectivity index (χ1) is 9.20. The second kappa shape index (κ2) is 7.08. The van der Waals surface area contributed by atoms with Gasteiger partial charge in [0.05, 0.1) is 6.61 Å². The molecule has 1 aromatic carbocycles. The van der Waals surface area contributed by atoms with E-state index in [0.717, 1.165) is 16.6 Å². The highest BCUT2D eigenvalue weighted by Crippen LogP contribution is 2.28. The average molecular weight is 340 g/mol. The van der Waals surface area contributed by atoms with Gasteiger partial charge in [-0.05, 0) is 54.6 Å². The summed E-state index contributed by atoms with van der Waals surface area (Å²) in [5, 5.41) is 7.52. The van der Waals surface area contributed by atoms with Crippen LogP contribution < -0.4 is 10.1 Å². The molecule has 2 nitrogen and oxygen atoms in total. The Labute approximate surface area is 126 Å². The first kappa shape index (κ1) is 14.6. The van der Waals surface area contributed by atoms with Crippen LogP contribution in [0, 0.1) is 0 Å². The van der Waals surface area contributed by atoms with Crippen LogP contribution in [0.1, 0.15) is 24.1 Å². The van der Waals surface area contributed by atoms with E-state index in [-0.39, 0.29) is 6.04 Å². The predicted molar refractivity (Wildman–Crippen MR) is 85.1 cm³/mol. The van der Waals surface area contributed by atoms with Gasteiger partial charge in [-0.3, -0.25) is 0 Å². The fraction of sp³-hybridized carbons (Fsp3) is 0.333. The summed E-state index contributed by atoms with van der Waals surface area (Å²) in [6.07, 6.45) is 0.951. The van der Waals surface area contributed by atoms with Gasteiger partial charge in [-0.2, -0.15) is 11.3 Å². The molecule has 0 radical (unpaired) electrons. The molecule has 4 heteroatoms. The van der Waals surface area contributed by atoms with Gasteiger partial charge >= 0.3 is 0 Å². The highest BCUT2D eigenvalue weighted by Gasteiger charge is 2.10. The molecule has 2 rings (SSSR count). The van der Waals surface area contributed by atoms with Crippen molar-refractivity contribution in [2.75, 3.05) is 13.7 Å². The van der Waals surface area contributed by atoms with Crippen LogP contribution in [0.15, 0.2) is 39.5 Å². The summed E-state index contributed by atoms with van der Waals surface area (Å²) in [6.45, 7) is 2.84. The Balaban J connectivity index is 2.02. The van der Waals surface area contributed by atoms with E-state index in [2.05, 4.69) is 51.1 Å². The van der Waals surface area contributed by atoms with Gasteiger partial charge in [0.25, 0.3) is 0 Å². The van der Waals surface area contributed by atoms with Gasteiger partial charge in [0.2, 0.25) is 0 Å². The van der Waals surface area contributed by atoms with Crippen molar-refractivity contribution in [1.82, 2.24) is 5.32 Å². The van der Waals surface area contributed by atoms with E-state index in [4.69, 9.17) is 4.74 Å². The molecule has 1 heterocycles. The van der Waals surface area contributed by atoms with Crippen LogP contribution in [-0.4, -0.2) is 13.7 Å². The molecule has 1 atom stereocenters. The van der Waals surface area contributed by atoms with Crippen LogP contribution in [0.2, 0.25) is 0 Å². The third kappa shape index (κ3) is 4.06. The minimum atomic E-state index is 0.272. The Bertz CT molecular complexity index is 513. The lowest BCUT2D eigenvalue weighted by atomic mass is 10.1. The van der Waals surface area contributed by atoms with Crippen LogP contribution in [0.5, 0.6) is 5.75 Å². The lowest BCUT2D eigenvalue weighted by Crippen LogP contribution is -2.14. The predicted octanol–water partition coefficient (Wildman–Crippen LogP) is 4.41. The number of rotatable bonds is 6.